The van der Waals surface area contributed by atoms with E-state index in [4.69, 9.17) is 0 Å². The van der Waals surface area contributed by atoms with Crippen molar-refractivity contribution in [1.82, 2.24) is 9.21 Å². The SMILES string of the molecule is O=S(=O)(I)N1CCN(CC2=CCCC=C2)CC1. The maximum absolute atomic E-state index is 11.4. The minimum Gasteiger partial charge on any atom is -0.296 e. The Bertz CT molecular complexity index is 423. The Balaban J connectivity index is 1.83. The van der Waals surface area contributed by atoms with Crippen LogP contribution in [0.5, 0.6) is 0 Å². The van der Waals surface area contributed by atoms with E-state index in [0.717, 1.165) is 32.5 Å². The second kappa shape index (κ2) is 5.81. The van der Waals surface area contributed by atoms with Gasteiger partial charge in [-0.05, 0) is 18.4 Å². The van der Waals surface area contributed by atoms with Crippen molar-refractivity contribution in [2.24, 2.45) is 0 Å². The summed E-state index contributed by atoms with van der Waals surface area (Å²) in [7, 11) is -3.03. The van der Waals surface area contributed by atoms with E-state index in [9.17, 15) is 8.42 Å². The standard InChI is InChI=1S/C11H17IN2O2S/c12-17(15,16)14-8-6-13(7-9-14)10-11-4-2-1-3-5-11/h2,4-5H,1,3,6-10H2. The van der Waals surface area contributed by atoms with Gasteiger partial charge in [0.2, 0.25) is 0 Å². The molecule has 0 radical (unpaired) electrons. The van der Waals surface area contributed by atoms with Crippen molar-refractivity contribution in [2.45, 2.75) is 12.8 Å². The zero-order valence-electron chi connectivity index (χ0n) is 9.68. The molecule has 1 aliphatic carbocycles. The van der Waals surface area contributed by atoms with Crippen molar-refractivity contribution in [3.63, 3.8) is 0 Å². The van der Waals surface area contributed by atoms with Crippen molar-refractivity contribution in [2.75, 3.05) is 32.7 Å². The first-order chi connectivity index (χ1) is 8.05. The first-order valence-corrected chi connectivity index (χ1v) is 9.81. The third kappa shape index (κ3) is 4.04. The van der Waals surface area contributed by atoms with Gasteiger partial charge in [0.1, 0.15) is 0 Å². The smallest absolute Gasteiger partial charge is 0.267 e. The molecule has 0 spiro atoms. The maximum atomic E-state index is 11.4. The molecule has 0 aromatic carbocycles. The lowest BCUT2D eigenvalue weighted by molar-refractivity contribution is 0.204. The summed E-state index contributed by atoms with van der Waals surface area (Å²) in [5, 5.41) is 0. The van der Waals surface area contributed by atoms with Crippen LogP contribution in [0.2, 0.25) is 0 Å². The molecule has 96 valence electrons. The molecule has 0 saturated carbocycles. The van der Waals surface area contributed by atoms with Crippen LogP contribution in [0, 0.1) is 0 Å². The lowest BCUT2D eigenvalue weighted by Gasteiger charge is -2.33. The van der Waals surface area contributed by atoms with Crippen LogP contribution in [-0.2, 0) is 7.19 Å². The highest BCUT2D eigenvalue weighted by atomic mass is 127. The van der Waals surface area contributed by atoms with Gasteiger partial charge in [0, 0.05) is 32.7 Å². The summed E-state index contributed by atoms with van der Waals surface area (Å²) < 4.78 is 24.3. The highest BCUT2D eigenvalue weighted by Crippen LogP contribution is 2.16. The summed E-state index contributed by atoms with van der Waals surface area (Å²) in [5.41, 5.74) is 1.36. The van der Waals surface area contributed by atoms with E-state index in [1.165, 1.54) is 26.8 Å². The normalized spacial score (nSPS) is 23.7. The maximum Gasteiger partial charge on any atom is 0.267 e. The van der Waals surface area contributed by atoms with E-state index in [1.54, 1.807) is 4.31 Å². The summed E-state index contributed by atoms with van der Waals surface area (Å²) in [6, 6.07) is 0. The second-order valence-electron chi connectivity index (χ2n) is 4.38. The van der Waals surface area contributed by atoms with Crippen molar-refractivity contribution in [1.29, 1.82) is 0 Å². The van der Waals surface area contributed by atoms with Gasteiger partial charge in [0.25, 0.3) is 7.19 Å². The Labute approximate surface area is 115 Å². The first-order valence-electron chi connectivity index (χ1n) is 5.83. The van der Waals surface area contributed by atoms with E-state index >= 15 is 0 Å². The highest BCUT2D eigenvalue weighted by Gasteiger charge is 2.24. The monoisotopic (exact) mass is 368 g/mol. The highest BCUT2D eigenvalue weighted by molar-refractivity contribution is 14.2. The van der Waals surface area contributed by atoms with Gasteiger partial charge < -0.3 is 0 Å². The van der Waals surface area contributed by atoms with E-state index in [-0.39, 0.29) is 0 Å². The third-order valence-electron chi connectivity index (χ3n) is 3.12. The Morgan fingerprint density at radius 3 is 2.41 bits per heavy atom. The number of hydrogen-bond acceptors (Lipinski definition) is 3. The van der Waals surface area contributed by atoms with E-state index in [2.05, 4.69) is 23.1 Å². The molecule has 0 aromatic heterocycles. The molecule has 0 unspecified atom stereocenters. The fourth-order valence-corrected chi connectivity index (χ4v) is 3.93. The number of piperazine rings is 1. The Kier molecular flexibility index (Phi) is 4.62. The predicted octanol–water partition coefficient (Wildman–Crippen LogP) is 1.56. The minimum atomic E-state index is -3.03. The van der Waals surface area contributed by atoms with Gasteiger partial charge in [-0.3, -0.25) is 4.90 Å². The Hall–Kier alpha value is 0.0800. The number of hydrogen-bond donors (Lipinski definition) is 0. The topological polar surface area (TPSA) is 40.6 Å². The minimum absolute atomic E-state index is 0.613. The van der Waals surface area contributed by atoms with Crippen LogP contribution in [0.25, 0.3) is 0 Å². The van der Waals surface area contributed by atoms with Gasteiger partial charge in [0.05, 0.1) is 21.2 Å². The van der Waals surface area contributed by atoms with E-state index in [0.29, 0.717) is 13.1 Å². The molecule has 0 aromatic rings. The van der Waals surface area contributed by atoms with Crippen LogP contribution < -0.4 is 0 Å². The molecule has 2 aliphatic rings. The van der Waals surface area contributed by atoms with Crippen molar-refractivity contribution >= 4 is 28.4 Å². The number of rotatable bonds is 3. The molecule has 0 bridgehead atoms. The van der Waals surface area contributed by atoms with Crippen LogP contribution in [0.15, 0.2) is 23.8 Å². The number of allylic oxidation sites excluding steroid dienone is 2. The molecule has 4 nitrogen and oxygen atoms in total. The average molecular weight is 368 g/mol. The zero-order chi connectivity index (χ0) is 12.3. The average Bonchev–Trinajstić information content (AvgIpc) is 2.30. The molecule has 0 atom stereocenters. The number of halogens is 1. The number of nitrogens with zero attached hydrogens (tertiary/aromatic N) is 2. The van der Waals surface area contributed by atoms with Crippen molar-refractivity contribution < 1.29 is 8.42 Å². The molecule has 2 rings (SSSR count). The molecule has 17 heavy (non-hydrogen) atoms. The van der Waals surface area contributed by atoms with Crippen molar-refractivity contribution in [3.05, 3.63) is 23.8 Å². The lowest BCUT2D eigenvalue weighted by atomic mass is 10.1. The van der Waals surface area contributed by atoms with Crippen LogP contribution in [0.1, 0.15) is 12.8 Å². The Morgan fingerprint density at radius 1 is 1.18 bits per heavy atom. The van der Waals surface area contributed by atoms with Crippen LogP contribution in [0.4, 0.5) is 0 Å². The van der Waals surface area contributed by atoms with Gasteiger partial charge in [-0.15, -0.1) is 0 Å². The van der Waals surface area contributed by atoms with Crippen LogP contribution in [-0.4, -0.2) is 50.3 Å². The predicted molar refractivity (Wildman–Crippen MR) is 77.4 cm³/mol. The largest absolute Gasteiger partial charge is 0.296 e. The summed E-state index contributed by atoms with van der Waals surface area (Å²) in [5.74, 6) is 0. The third-order valence-corrected chi connectivity index (χ3v) is 5.77. The lowest BCUT2D eigenvalue weighted by Crippen LogP contribution is -2.47. The Morgan fingerprint density at radius 2 is 1.88 bits per heavy atom. The van der Waals surface area contributed by atoms with Gasteiger partial charge in [0.15, 0.2) is 0 Å². The molecule has 0 amide bonds. The molecule has 6 heteroatoms. The summed E-state index contributed by atoms with van der Waals surface area (Å²) in [6.07, 6.45) is 8.95. The molecular formula is C11H17IN2O2S. The summed E-state index contributed by atoms with van der Waals surface area (Å²) in [6.45, 7) is 3.83. The molecule has 1 saturated heterocycles. The fourth-order valence-electron chi connectivity index (χ4n) is 2.15. The van der Waals surface area contributed by atoms with Crippen LogP contribution in [0.3, 0.4) is 0 Å². The summed E-state index contributed by atoms with van der Waals surface area (Å²) >= 11 is 1.52. The van der Waals surface area contributed by atoms with Crippen molar-refractivity contribution in [3.8, 4) is 0 Å². The zero-order valence-corrected chi connectivity index (χ0v) is 12.7. The molecule has 1 heterocycles. The molecule has 0 N–H and O–H groups in total. The quantitative estimate of drug-likeness (QED) is 0.561. The van der Waals surface area contributed by atoms with Gasteiger partial charge in [-0.2, -0.15) is 4.31 Å². The second-order valence-corrected chi connectivity index (χ2v) is 9.06. The van der Waals surface area contributed by atoms with Crippen LogP contribution >= 0.6 is 21.2 Å². The molecular weight excluding hydrogens is 351 g/mol. The van der Waals surface area contributed by atoms with Gasteiger partial charge in [-0.1, -0.05) is 18.2 Å². The van der Waals surface area contributed by atoms with E-state index in [1.807, 2.05) is 0 Å². The summed E-state index contributed by atoms with van der Waals surface area (Å²) in [4.78, 5) is 2.32. The van der Waals surface area contributed by atoms with Gasteiger partial charge >= 0.3 is 0 Å². The van der Waals surface area contributed by atoms with E-state index < -0.39 is 7.19 Å². The molecule has 1 aliphatic heterocycles. The first kappa shape index (κ1) is 13.5. The van der Waals surface area contributed by atoms with Gasteiger partial charge in [-0.25, -0.2) is 8.42 Å². The molecule has 1 fully saturated rings. The fraction of sp³-hybridized carbons (Fsp3) is 0.636.